The van der Waals surface area contributed by atoms with E-state index in [-0.39, 0.29) is 31.1 Å². The number of morpholine rings is 1. The second kappa shape index (κ2) is 5.27. The van der Waals surface area contributed by atoms with Crippen molar-refractivity contribution in [2.24, 2.45) is 7.05 Å². The van der Waals surface area contributed by atoms with Crippen LogP contribution in [0.4, 0.5) is 0 Å². The van der Waals surface area contributed by atoms with Gasteiger partial charge in [0.05, 0.1) is 25.5 Å². The van der Waals surface area contributed by atoms with Crippen LogP contribution < -0.4 is 0 Å². The predicted molar refractivity (Wildman–Crippen MR) is 64.0 cm³/mol. The van der Waals surface area contributed by atoms with Gasteiger partial charge in [-0.3, -0.25) is 4.79 Å². The highest BCUT2D eigenvalue weighted by atomic mass is 32.2. The summed E-state index contributed by atoms with van der Waals surface area (Å²) in [5.41, 5.74) is 0. The number of ether oxygens (including phenoxy) is 1. The number of hydrogen-bond donors (Lipinski definition) is 1. The Morgan fingerprint density at radius 1 is 1.63 bits per heavy atom. The summed E-state index contributed by atoms with van der Waals surface area (Å²) in [4.78, 5) is 14.5. The molecule has 0 bridgehead atoms. The molecule has 2 rings (SSSR count). The quantitative estimate of drug-likeness (QED) is 0.785. The van der Waals surface area contributed by atoms with Gasteiger partial charge >= 0.3 is 5.97 Å². The van der Waals surface area contributed by atoms with Gasteiger partial charge in [0.2, 0.25) is 0 Å². The first kappa shape index (κ1) is 14.0. The lowest BCUT2D eigenvalue weighted by molar-refractivity contribution is -0.141. The fraction of sp³-hybridized carbons (Fsp3) is 0.600. The zero-order valence-electron chi connectivity index (χ0n) is 10.4. The molecule has 1 aliphatic rings. The summed E-state index contributed by atoms with van der Waals surface area (Å²) in [5, 5.41) is 8.68. The van der Waals surface area contributed by atoms with Gasteiger partial charge in [-0.2, -0.15) is 4.31 Å². The van der Waals surface area contributed by atoms with E-state index in [1.54, 1.807) is 11.6 Å². The molecule has 0 aromatic carbocycles. The minimum Gasteiger partial charge on any atom is -0.481 e. The van der Waals surface area contributed by atoms with Crippen molar-refractivity contribution < 1.29 is 23.1 Å². The van der Waals surface area contributed by atoms with Gasteiger partial charge in [0.25, 0.3) is 10.0 Å². The Morgan fingerprint density at radius 2 is 2.37 bits per heavy atom. The summed E-state index contributed by atoms with van der Waals surface area (Å²) in [5.74, 6) is -1.01. The third-order valence-electron chi connectivity index (χ3n) is 2.79. The molecule has 1 aliphatic heterocycles. The van der Waals surface area contributed by atoms with E-state index in [1.807, 2.05) is 0 Å². The monoisotopic (exact) mass is 289 g/mol. The van der Waals surface area contributed by atoms with Crippen molar-refractivity contribution in [1.82, 2.24) is 13.9 Å². The van der Waals surface area contributed by atoms with Crippen LogP contribution in [-0.2, 0) is 26.6 Å². The lowest BCUT2D eigenvalue weighted by atomic mass is 10.2. The van der Waals surface area contributed by atoms with E-state index in [0.29, 0.717) is 0 Å². The van der Waals surface area contributed by atoms with E-state index in [9.17, 15) is 13.2 Å². The topological polar surface area (TPSA) is 102 Å². The van der Waals surface area contributed by atoms with Crippen LogP contribution in [-0.4, -0.2) is 59.2 Å². The molecule has 0 saturated carbocycles. The summed E-state index contributed by atoms with van der Waals surface area (Å²) in [6.45, 7) is 0.421. The largest absolute Gasteiger partial charge is 0.481 e. The average Bonchev–Trinajstić information content (AvgIpc) is 2.76. The van der Waals surface area contributed by atoms with Gasteiger partial charge < -0.3 is 14.4 Å². The highest BCUT2D eigenvalue weighted by Crippen LogP contribution is 2.18. The molecule has 1 aromatic heterocycles. The number of carboxylic acid groups (broad SMARTS) is 1. The Labute approximate surface area is 110 Å². The maximum atomic E-state index is 12.3. The Morgan fingerprint density at radius 3 is 2.95 bits per heavy atom. The van der Waals surface area contributed by atoms with Gasteiger partial charge in [-0.05, 0) is 0 Å². The number of aliphatic carboxylic acids is 1. The molecule has 106 valence electrons. The molecule has 2 heterocycles. The normalized spacial score (nSPS) is 21.4. The number of sulfonamides is 1. The molecule has 0 spiro atoms. The molecule has 0 radical (unpaired) electrons. The van der Waals surface area contributed by atoms with Gasteiger partial charge in [0.1, 0.15) is 0 Å². The SMILES string of the molecule is Cn1cnc(S(=O)(=O)N2CCOC(CC(=O)O)C2)c1. The smallest absolute Gasteiger partial charge is 0.306 e. The molecule has 1 atom stereocenters. The Balaban J connectivity index is 2.14. The van der Waals surface area contributed by atoms with Gasteiger partial charge in [0.15, 0.2) is 5.03 Å². The predicted octanol–water partition coefficient (Wildman–Crippen LogP) is -0.716. The second-order valence-electron chi connectivity index (χ2n) is 4.33. The van der Waals surface area contributed by atoms with Crippen LogP contribution in [0.2, 0.25) is 0 Å². The number of carbonyl (C=O) groups is 1. The van der Waals surface area contributed by atoms with Crippen LogP contribution >= 0.6 is 0 Å². The first-order chi connectivity index (χ1) is 8.89. The molecule has 1 aromatic rings. The first-order valence-electron chi connectivity index (χ1n) is 5.71. The molecule has 1 saturated heterocycles. The van der Waals surface area contributed by atoms with Crippen LogP contribution in [0.5, 0.6) is 0 Å². The second-order valence-corrected chi connectivity index (χ2v) is 6.22. The summed E-state index contributed by atoms with van der Waals surface area (Å²) in [6.07, 6.45) is 1.98. The molecule has 19 heavy (non-hydrogen) atoms. The maximum absolute atomic E-state index is 12.3. The average molecular weight is 289 g/mol. The molecule has 0 amide bonds. The number of aryl methyl sites for hydroxylation is 1. The zero-order valence-corrected chi connectivity index (χ0v) is 11.2. The molecule has 9 heteroatoms. The van der Waals surface area contributed by atoms with E-state index in [4.69, 9.17) is 9.84 Å². The van der Waals surface area contributed by atoms with Crippen molar-refractivity contribution in [3.05, 3.63) is 12.5 Å². The molecule has 0 aliphatic carbocycles. The van der Waals surface area contributed by atoms with E-state index < -0.39 is 22.1 Å². The van der Waals surface area contributed by atoms with Gasteiger partial charge in [-0.15, -0.1) is 0 Å². The summed E-state index contributed by atoms with van der Waals surface area (Å²) < 4.78 is 32.6. The van der Waals surface area contributed by atoms with Crippen molar-refractivity contribution in [3.8, 4) is 0 Å². The van der Waals surface area contributed by atoms with Crippen LogP contribution in [0.25, 0.3) is 0 Å². The van der Waals surface area contributed by atoms with Gasteiger partial charge in [-0.1, -0.05) is 0 Å². The van der Waals surface area contributed by atoms with Crippen molar-refractivity contribution in [2.45, 2.75) is 17.6 Å². The number of rotatable bonds is 4. The molecule has 1 unspecified atom stereocenters. The number of nitrogens with zero attached hydrogens (tertiary/aromatic N) is 3. The van der Waals surface area contributed by atoms with Crippen molar-refractivity contribution in [1.29, 1.82) is 0 Å². The zero-order chi connectivity index (χ0) is 14.0. The number of imidazole rings is 1. The lowest BCUT2D eigenvalue weighted by Crippen LogP contribution is -2.46. The van der Waals surface area contributed by atoms with E-state index in [0.717, 1.165) is 0 Å². The van der Waals surface area contributed by atoms with Crippen LogP contribution in [0.15, 0.2) is 17.6 Å². The fourth-order valence-corrected chi connectivity index (χ4v) is 3.30. The number of aromatic nitrogens is 2. The Kier molecular flexibility index (Phi) is 3.88. The molecular weight excluding hydrogens is 274 g/mol. The van der Waals surface area contributed by atoms with E-state index in [2.05, 4.69) is 4.98 Å². The van der Waals surface area contributed by atoms with Gasteiger partial charge in [-0.25, -0.2) is 13.4 Å². The number of hydrogen-bond acceptors (Lipinski definition) is 5. The molecule has 8 nitrogen and oxygen atoms in total. The highest BCUT2D eigenvalue weighted by Gasteiger charge is 2.32. The van der Waals surface area contributed by atoms with Crippen molar-refractivity contribution >= 4 is 16.0 Å². The summed E-state index contributed by atoms with van der Waals surface area (Å²) in [7, 11) is -2.00. The first-order valence-corrected chi connectivity index (χ1v) is 7.15. The number of carboxylic acids is 1. The third-order valence-corrected chi connectivity index (χ3v) is 4.54. The van der Waals surface area contributed by atoms with Crippen molar-refractivity contribution in [3.63, 3.8) is 0 Å². The van der Waals surface area contributed by atoms with E-state index in [1.165, 1.54) is 16.8 Å². The summed E-state index contributed by atoms with van der Waals surface area (Å²) >= 11 is 0. The van der Waals surface area contributed by atoms with E-state index >= 15 is 0 Å². The summed E-state index contributed by atoms with van der Waals surface area (Å²) in [6, 6.07) is 0. The lowest BCUT2D eigenvalue weighted by Gasteiger charge is -2.30. The molecular formula is C10H15N3O5S. The Bertz CT molecular complexity index is 567. The standard InChI is InChI=1S/C10H15N3O5S/c1-12-6-9(11-7-12)19(16,17)13-2-3-18-8(5-13)4-10(14)15/h6-8H,2-5H2,1H3,(H,14,15). The van der Waals surface area contributed by atoms with Crippen LogP contribution in [0.3, 0.4) is 0 Å². The maximum Gasteiger partial charge on any atom is 0.306 e. The molecule has 1 N–H and O–H groups in total. The third kappa shape index (κ3) is 3.11. The fourth-order valence-electron chi connectivity index (χ4n) is 1.88. The minimum absolute atomic E-state index is 0.0329. The van der Waals surface area contributed by atoms with Crippen molar-refractivity contribution in [2.75, 3.05) is 19.7 Å². The molecule has 1 fully saturated rings. The minimum atomic E-state index is -3.68. The van der Waals surface area contributed by atoms with Crippen LogP contribution in [0.1, 0.15) is 6.42 Å². The van der Waals surface area contributed by atoms with Gasteiger partial charge in [0, 0.05) is 26.3 Å². The van der Waals surface area contributed by atoms with Crippen LogP contribution in [0, 0.1) is 0 Å². The Hall–Kier alpha value is -1.45. The highest BCUT2D eigenvalue weighted by molar-refractivity contribution is 7.89.